The zero-order chi connectivity index (χ0) is 22.4. The fourth-order valence-corrected chi connectivity index (χ4v) is 4.16. The second-order valence-electron chi connectivity index (χ2n) is 9.00. The van der Waals surface area contributed by atoms with Crippen LogP contribution in [0.5, 0.6) is 0 Å². The Hall–Kier alpha value is -2.48. The van der Waals surface area contributed by atoms with E-state index in [0.29, 0.717) is 0 Å². The van der Waals surface area contributed by atoms with Crippen LogP contribution in [0.25, 0.3) is 22.4 Å². The van der Waals surface area contributed by atoms with Gasteiger partial charge in [-0.2, -0.15) is 0 Å². The number of benzene rings is 1. The standard InChI is InChI=1S/C30H40N2/c1-3-5-7-9-10-11-13-25-15-17-26(18-16-25)30-22-20-28(24-32-30)27-19-21-29(31-23-27)14-12-8-6-4-2/h15-24H,3-14H2,1-2H3. The highest BCUT2D eigenvalue weighted by Crippen LogP contribution is 2.23. The molecule has 2 nitrogen and oxygen atoms in total. The quantitative estimate of drug-likeness (QED) is 0.240. The first kappa shape index (κ1) is 24.2. The van der Waals surface area contributed by atoms with Crippen LogP contribution in [0.4, 0.5) is 0 Å². The predicted octanol–water partition coefficient (Wildman–Crippen LogP) is 8.84. The van der Waals surface area contributed by atoms with Crippen molar-refractivity contribution in [2.45, 2.75) is 90.9 Å². The Labute approximate surface area is 195 Å². The van der Waals surface area contributed by atoms with Crippen molar-refractivity contribution in [2.24, 2.45) is 0 Å². The fraction of sp³-hybridized carbons (Fsp3) is 0.467. The summed E-state index contributed by atoms with van der Waals surface area (Å²) in [6.07, 6.45) is 19.4. The van der Waals surface area contributed by atoms with Gasteiger partial charge < -0.3 is 0 Å². The molecule has 0 aliphatic carbocycles. The minimum absolute atomic E-state index is 1.03. The maximum absolute atomic E-state index is 4.72. The second-order valence-corrected chi connectivity index (χ2v) is 9.00. The van der Waals surface area contributed by atoms with Gasteiger partial charge in [0.05, 0.1) is 5.69 Å². The Balaban J connectivity index is 1.50. The van der Waals surface area contributed by atoms with Crippen molar-refractivity contribution >= 4 is 0 Å². The minimum Gasteiger partial charge on any atom is -0.261 e. The fourth-order valence-electron chi connectivity index (χ4n) is 4.16. The van der Waals surface area contributed by atoms with E-state index in [2.05, 4.69) is 67.4 Å². The van der Waals surface area contributed by atoms with Crippen molar-refractivity contribution in [1.82, 2.24) is 9.97 Å². The third kappa shape index (κ3) is 7.89. The number of aryl methyl sites for hydroxylation is 2. The SMILES string of the molecule is CCCCCCCCc1ccc(-c2ccc(-c3ccc(CCCCCC)nc3)cn2)cc1. The lowest BCUT2D eigenvalue weighted by molar-refractivity contribution is 0.607. The van der Waals surface area contributed by atoms with Crippen molar-refractivity contribution in [2.75, 3.05) is 0 Å². The average molecular weight is 429 g/mol. The summed E-state index contributed by atoms with van der Waals surface area (Å²) >= 11 is 0. The lowest BCUT2D eigenvalue weighted by Crippen LogP contribution is -1.92. The lowest BCUT2D eigenvalue weighted by Gasteiger charge is -2.07. The molecule has 0 radical (unpaired) electrons. The summed E-state index contributed by atoms with van der Waals surface area (Å²) in [5, 5.41) is 0. The second kappa shape index (κ2) is 13.8. The zero-order valence-corrected chi connectivity index (χ0v) is 20.2. The van der Waals surface area contributed by atoms with E-state index in [-0.39, 0.29) is 0 Å². The Morgan fingerprint density at radius 2 is 1.06 bits per heavy atom. The number of rotatable bonds is 14. The number of aromatic nitrogens is 2. The molecule has 0 unspecified atom stereocenters. The normalized spacial score (nSPS) is 11.1. The molecule has 3 aromatic rings. The molecular weight excluding hydrogens is 388 g/mol. The summed E-state index contributed by atoms with van der Waals surface area (Å²) in [5.74, 6) is 0. The molecule has 1 aromatic carbocycles. The van der Waals surface area contributed by atoms with Crippen molar-refractivity contribution < 1.29 is 0 Å². The molecule has 0 spiro atoms. The van der Waals surface area contributed by atoms with Gasteiger partial charge in [0.15, 0.2) is 0 Å². The zero-order valence-electron chi connectivity index (χ0n) is 20.2. The van der Waals surface area contributed by atoms with Crippen LogP contribution in [0.2, 0.25) is 0 Å². The van der Waals surface area contributed by atoms with Gasteiger partial charge in [-0.3, -0.25) is 9.97 Å². The van der Waals surface area contributed by atoms with Crippen LogP contribution >= 0.6 is 0 Å². The number of unbranched alkanes of at least 4 members (excludes halogenated alkanes) is 8. The highest BCUT2D eigenvalue weighted by Gasteiger charge is 2.04. The third-order valence-corrected chi connectivity index (χ3v) is 6.28. The first-order valence-electron chi connectivity index (χ1n) is 12.8. The van der Waals surface area contributed by atoms with Gasteiger partial charge in [0.1, 0.15) is 0 Å². The van der Waals surface area contributed by atoms with E-state index in [1.54, 1.807) is 0 Å². The molecule has 0 aliphatic heterocycles. The summed E-state index contributed by atoms with van der Waals surface area (Å²) in [4.78, 5) is 9.38. The average Bonchev–Trinajstić information content (AvgIpc) is 2.85. The molecule has 3 rings (SSSR count). The van der Waals surface area contributed by atoms with Crippen molar-refractivity contribution in [3.8, 4) is 22.4 Å². The van der Waals surface area contributed by atoms with Crippen molar-refractivity contribution in [3.63, 3.8) is 0 Å². The molecule has 0 fully saturated rings. The van der Waals surface area contributed by atoms with E-state index in [9.17, 15) is 0 Å². The maximum Gasteiger partial charge on any atom is 0.0702 e. The highest BCUT2D eigenvalue weighted by atomic mass is 14.7. The van der Waals surface area contributed by atoms with Crippen LogP contribution < -0.4 is 0 Å². The van der Waals surface area contributed by atoms with E-state index in [4.69, 9.17) is 4.98 Å². The van der Waals surface area contributed by atoms with Crippen molar-refractivity contribution in [3.05, 3.63) is 72.2 Å². The van der Waals surface area contributed by atoms with Crippen LogP contribution in [0, 0.1) is 0 Å². The number of hydrogen-bond acceptors (Lipinski definition) is 2. The molecule has 0 saturated carbocycles. The van der Waals surface area contributed by atoms with Gasteiger partial charge >= 0.3 is 0 Å². The predicted molar refractivity (Wildman–Crippen MR) is 138 cm³/mol. The summed E-state index contributed by atoms with van der Waals surface area (Å²) in [7, 11) is 0. The minimum atomic E-state index is 1.03. The molecule has 2 aromatic heterocycles. The first-order chi connectivity index (χ1) is 15.8. The summed E-state index contributed by atoms with van der Waals surface area (Å²) in [6, 6.07) is 17.6. The molecule has 32 heavy (non-hydrogen) atoms. The van der Waals surface area contributed by atoms with Gasteiger partial charge in [0.25, 0.3) is 0 Å². The molecule has 170 valence electrons. The molecule has 2 heteroatoms. The van der Waals surface area contributed by atoms with Crippen LogP contribution in [-0.2, 0) is 12.8 Å². The monoisotopic (exact) mass is 428 g/mol. The Morgan fingerprint density at radius 1 is 0.500 bits per heavy atom. The van der Waals surface area contributed by atoms with Gasteiger partial charge in [0.2, 0.25) is 0 Å². The molecule has 0 aliphatic rings. The van der Waals surface area contributed by atoms with Crippen LogP contribution in [-0.4, -0.2) is 9.97 Å². The smallest absolute Gasteiger partial charge is 0.0702 e. The van der Waals surface area contributed by atoms with E-state index < -0.39 is 0 Å². The molecule has 0 saturated heterocycles. The van der Waals surface area contributed by atoms with E-state index in [0.717, 1.165) is 23.2 Å². The van der Waals surface area contributed by atoms with Gasteiger partial charge in [-0.15, -0.1) is 0 Å². The number of hydrogen-bond donors (Lipinski definition) is 0. The lowest BCUT2D eigenvalue weighted by atomic mass is 10.0. The first-order valence-corrected chi connectivity index (χ1v) is 12.8. The van der Waals surface area contributed by atoms with Crippen LogP contribution in [0.3, 0.4) is 0 Å². The number of pyridine rings is 2. The maximum atomic E-state index is 4.72. The van der Waals surface area contributed by atoms with Gasteiger partial charge in [-0.25, -0.2) is 0 Å². The van der Waals surface area contributed by atoms with Gasteiger partial charge in [-0.1, -0.05) is 102 Å². The number of nitrogens with zero attached hydrogens (tertiary/aromatic N) is 2. The molecule has 2 heterocycles. The van der Waals surface area contributed by atoms with Crippen molar-refractivity contribution in [1.29, 1.82) is 0 Å². The summed E-state index contributed by atoms with van der Waals surface area (Å²) in [5.41, 5.74) is 7.09. The summed E-state index contributed by atoms with van der Waals surface area (Å²) in [6.45, 7) is 4.52. The van der Waals surface area contributed by atoms with Gasteiger partial charge in [0, 0.05) is 34.8 Å². The summed E-state index contributed by atoms with van der Waals surface area (Å²) < 4.78 is 0. The van der Waals surface area contributed by atoms with E-state index in [1.165, 1.54) is 87.4 Å². The van der Waals surface area contributed by atoms with E-state index in [1.807, 2.05) is 12.4 Å². The van der Waals surface area contributed by atoms with E-state index >= 15 is 0 Å². The molecule has 0 atom stereocenters. The third-order valence-electron chi connectivity index (χ3n) is 6.28. The Bertz CT molecular complexity index is 880. The Kier molecular flexibility index (Phi) is 10.4. The van der Waals surface area contributed by atoms with Gasteiger partial charge in [-0.05, 0) is 43.4 Å². The molecular formula is C30H40N2. The van der Waals surface area contributed by atoms with Crippen LogP contribution in [0.1, 0.15) is 89.3 Å². The molecule has 0 N–H and O–H groups in total. The largest absolute Gasteiger partial charge is 0.261 e. The molecule has 0 bridgehead atoms. The van der Waals surface area contributed by atoms with Crippen LogP contribution in [0.15, 0.2) is 60.9 Å². The highest BCUT2D eigenvalue weighted by molar-refractivity contribution is 5.66. The topological polar surface area (TPSA) is 25.8 Å². The molecule has 0 amide bonds. The Morgan fingerprint density at radius 3 is 1.69 bits per heavy atom.